The summed E-state index contributed by atoms with van der Waals surface area (Å²) < 4.78 is 0. The average Bonchev–Trinajstić information content (AvgIpc) is 2.22. The van der Waals surface area contributed by atoms with Crippen molar-refractivity contribution >= 4 is 23.9 Å². The molecule has 2 N–H and O–H groups in total. The standard InChI is InChI=1S/C10H16N2O8.Cu.2Na.H2O/c13-7(14)3-11(4-8(15)16)1-2-12(5-9(17)18)6-10(19)20;;;;/h1-6H2,(H,13,14)(H,15,16)(H,17,18)(H,19,20);;;;1H2/q;+2;2*+1;/p-4. The molecule has 0 saturated carbocycles. The van der Waals surface area contributed by atoms with Crippen LogP contribution in [0.1, 0.15) is 0 Å². The van der Waals surface area contributed by atoms with Gasteiger partial charge in [-0.25, -0.2) is 0 Å². The van der Waals surface area contributed by atoms with Gasteiger partial charge in [-0.2, -0.15) is 0 Å². The number of carbonyl (C=O) groups is 4. The van der Waals surface area contributed by atoms with Crippen LogP contribution < -0.4 is 79.5 Å². The summed E-state index contributed by atoms with van der Waals surface area (Å²) in [5.41, 5.74) is 0. The second-order valence-corrected chi connectivity index (χ2v) is 3.91. The molecular weight excluding hydrogens is 402 g/mol. The molecule has 24 heavy (non-hydrogen) atoms. The largest absolute Gasteiger partial charge is 2.00 e. The van der Waals surface area contributed by atoms with Gasteiger partial charge in [0.1, 0.15) is 0 Å². The summed E-state index contributed by atoms with van der Waals surface area (Å²) in [6, 6.07) is 0. The molecule has 0 aliphatic rings. The minimum absolute atomic E-state index is 0. The third-order valence-electron chi connectivity index (χ3n) is 2.14. The van der Waals surface area contributed by atoms with Crippen LogP contribution in [-0.4, -0.2) is 78.4 Å². The molecule has 0 atom stereocenters. The molecule has 0 heterocycles. The zero-order valence-electron chi connectivity index (χ0n) is 13.2. The Morgan fingerprint density at radius 1 is 0.583 bits per heavy atom. The van der Waals surface area contributed by atoms with Crippen LogP contribution in [0, 0.1) is 0 Å². The van der Waals surface area contributed by atoms with Crippen LogP contribution >= 0.6 is 0 Å². The predicted octanol–water partition coefficient (Wildman–Crippen LogP) is -14.2. The molecule has 131 valence electrons. The van der Waals surface area contributed by atoms with Crippen molar-refractivity contribution in [3.05, 3.63) is 0 Å². The molecule has 0 aromatic carbocycles. The van der Waals surface area contributed by atoms with E-state index in [2.05, 4.69) is 0 Å². The zero-order chi connectivity index (χ0) is 15.7. The molecule has 0 bridgehead atoms. The third-order valence-corrected chi connectivity index (χ3v) is 2.14. The van der Waals surface area contributed by atoms with Crippen LogP contribution in [0.2, 0.25) is 0 Å². The SMILES string of the molecule is O.O=C([O-])CN(CCN(CC(=O)[O-])CC(=O)[O-])CC(=O)[O-].[Cu+2].[Na+].[Na+]. The van der Waals surface area contributed by atoms with Crippen molar-refractivity contribution < 1.29 is 121 Å². The Hall–Kier alpha value is 0.279. The second-order valence-electron chi connectivity index (χ2n) is 3.91. The predicted molar refractivity (Wildman–Crippen MR) is 56.5 cm³/mol. The fourth-order valence-electron chi connectivity index (χ4n) is 1.44. The molecule has 0 rings (SSSR count). The maximum atomic E-state index is 10.4. The fourth-order valence-corrected chi connectivity index (χ4v) is 1.44. The molecule has 0 amide bonds. The van der Waals surface area contributed by atoms with Crippen LogP contribution in [-0.2, 0) is 36.2 Å². The molecular formula is C10H14CuN2Na2O9. The minimum Gasteiger partial charge on any atom is -0.549 e. The van der Waals surface area contributed by atoms with E-state index < -0.39 is 50.1 Å². The number of carboxylic acids is 4. The maximum absolute atomic E-state index is 10.4. The number of hydrogen-bond donors (Lipinski definition) is 0. The van der Waals surface area contributed by atoms with E-state index in [0.29, 0.717) is 0 Å². The van der Waals surface area contributed by atoms with E-state index in [4.69, 9.17) is 0 Å². The molecule has 0 unspecified atom stereocenters. The van der Waals surface area contributed by atoms with E-state index in [1.54, 1.807) is 0 Å². The molecule has 0 aromatic rings. The van der Waals surface area contributed by atoms with E-state index >= 15 is 0 Å². The number of aliphatic carboxylic acids is 4. The Morgan fingerprint density at radius 2 is 0.750 bits per heavy atom. The Morgan fingerprint density at radius 3 is 0.875 bits per heavy atom. The van der Waals surface area contributed by atoms with Gasteiger partial charge in [0.2, 0.25) is 0 Å². The topological polar surface area (TPSA) is 198 Å². The Kier molecular flexibility index (Phi) is 28.9. The zero-order valence-corrected chi connectivity index (χ0v) is 18.1. The first kappa shape index (κ1) is 35.4. The summed E-state index contributed by atoms with van der Waals surface area (Å²) in [5.74, 6) is -6.12. The van der Waals surface area contributed by atoms with Gasteiger partial charge in [0.15, 0.2) is 0 Å². The number of rotatable bonds is 11. The van der Waals surface area contributed by atoms with Gasteiger partial charge in [0, 0.05) is 39.3 Å². The number of carboxylic acid groups (broad SMARTS) is 4. The third kappa shape index (κ3) is 22.3. The van der Waals surface area contributed by atoms with Crippen molar-refractivity contribution in [1.82, 2.24) is 9.80 Å². The smallest absolute Gasteiger partial charge is 0.549 e. The monoisotopic (exact) mass is 415 g/mol. The van der Waals surface area contributed by atoms with Gasteiger partial charge in [0.25, 0.3) is 0 Å². The Balaban J connectivity index is -0.000000301. The molecule has 0 fully saturated rings. The Labute approximate surface area is 192 Å². The van der Waals surface area contributed by atoms with Crippen molar-refractivity contribution in [3.8, 4) is 0 Å². The van der Waals surface area contributed by atoms with Crippen molar-refractivity contribution in [2.24, 2.45) is 0 Å². The van der Waals surface area contributed by atoms with E-state index in [0.717, 1.165) is 9.80 Å². The van der Waals surface area contributed by atoms with Crippen LogP contribution in [0.15, 0.2) is 0 Å². The fraction of sp³-hybridized carbons (Fsp3) is 0.600. The molecule has 14 heteroatoms. The van der Waals surface area contributed by atoms with Crippen LogP contribution in [0.5, 0.6) is 0 Å². The Bertz CT molecular complexity index is 333. The van der Waals surface area contributed by atoms with Crippen molar-refractivity contribution in [2.45, 2.75) is 0 Å². The minimum atomic E-state index is -1.53. The summed E-state index contributed by atoms with van der Waals surface area (Å²) in [5, 5.41) is 41.6. The van der Waals surface area contributed by atoms with Gasteiger partial charge in [-0.3, -0.25) is 9.80 Å². The van der Waals surface area contributed by atoms with Gasteiger partial charge in [-0.1, -0.05) is 0 Å². The number of nitrogens with zero attached hydrogens (tertiary/aromatic N) is 2. The van der Waals surface area contributed by atoms with Crippen molar-refractivity contribution in [2.75, 3.05) is 39.3 Å². The molecule has 0 aromatic heterocycles. The van der Waals surface area contributed by atoms with E-state index in [-0.39, 0.29) is 94.7 Å². The number of hydrogen-bond acceptors (Lipinski definition) is 10. The summed E-state index contributed by atoms with van der Waals surface area (Å²) in [6.07, 6.45) is 0. The molecule has 1 radical (unpaired) electrons. The first-order chi connectivity index (χ1) is 9.20. The normalized spacial score (nSPS) is 8.92. The van der Waals surface area contributed by atoms with Crippen molar-refractivity contribution in [3.63, 3.8) is 0 Å². The van der Waals surface area contributed by atoms with Crippen LogP contribution in [0.25, 0.3) is 0 Å². The molecule has 0 saturated heterocycles. The molecule has 0 aliphatic carbocycles. The summed E-state index contributed by atoms with van der Waals surface area (Å²) in [4.78, 5) is 43.4. The molecule has 0 spiro atoms. The molecule has 0 aliphatic heterocycles. The van der Waals surface area contributed by atoms with Gasteiger partial charge in [-0.15, -0.1) is 0 Å². The van der Waals surface area contributed by atoms with E-state index in [1.807, 2.05) is 0 Å². The summed E-state index contributed by atoms with van der Waals surface area (Å²) >= 11 is 0. The summed E-state index contributed by atoms with van der Waals surface area (Å²) in [6.45, 7) is -3.25. The van der Waals surface area contributed by atoms with Crippen LogP contribution in [0.4, 0.5) is 0 Å². The van der Waals surface area contributed by atoms with Gasteiger partial charge >= 0.3 is 76.2 Å². The quantitative estimate of drug-likeness (QED) is 0.292. The van der Waals surface area contributed by atoms with E-state index in [9.17, 15) is 39.6 Å². The van der Waals surface area contributed by atoms with Crippen molar-refractivity contribution in [1.29, 1.82) is 0 Å². The first-order valence-corrected chi connectivity index (χ1v) is 5.44. The molecule has 11 nitrogen and oxygen atoms in total. The maximum Gasteiger partial charge on any atom is 2.00 e. The van der Waals surface area contributed by atoms with Gasteiger partial charge in [-0.05, 0) is 0 Å². The summed E-state index contributed by atoms with van der Waals surface area (Å²) in [7, 11) is 0. The van der Waals surface area contributed by atoms with Crippen LogP contribution in [0.3, 0.4) is 0 Å². The number of carbonyl (C=O) groups excluding carboxylic acids is 4. The van der Waals surface area contributed by atoms with E-state index in [1.165, 1.54) is 0 Å². The van der Waals surface area contributed by atoms with Gasteiger partial charge in [0.05, 0.1) is 23.9 Å². The van der Waals surface area contributed by atoms with Gasteiger partial charge < -0.3 is 45.1 Å². The first-order valence-electron chi connectivity index (χ1n) is 5.44. The average molecular weight is 416 g/mol. The second kappa shape index (κ2) is 19.6.